The van der Waals surface area contributed by atoms with E-state index in [4.69, 9.17) is 0 Å². The standard InChI is InChI=1S/C22H29FIN3O/c1-4-27(12-11-17(2)13-19-5-8-21(23)9-6-19)16-18(3)24-26-15-20-7-10-22(28)25-14-20/h5-10,14,17H,3-4,11-13,15-16H2,1-2H3,(H,25,28)/t17-/m0/s1. The average Bonchev–Trinajstić information content (AvgIpc) is 2.68. The van der Waals surface area contributed by atoms with Crippen LogP contribution in [0, 0.1) is 11.7 Å². The van der Waals surface area contributed by atoms with E-state index in [9.17, 15) is 9.18 Å². The van der Waals surface area contributed by atoms with Crippen molar-refractivity contribution in [2.45, 2.75) is 33.2 Å². The van der Waals surface area contributed by atoms with Crippen LogP contribution >= 0.6 is 21.0 Å². The molecular formula is C22H29FIN3O. The van der Waals surface area contributed by atoms with Crippen LogP contribution in [-0.4, -0.2) is 29.5 Å². The summed E-state index contributed by atoms with van der Waals surface area (Å²) in [4.78, 5) is 16.2. The molecule has 0 radical (unpaired) electrons. The fraction of sp³-hybridized carbons (Fsp3) is 0.409. The Bertz CT molecular complexity index is 812. The monoisotopic (exact) mass is 497 g/mol. The Morgan fingerprint density at radius 2 is 1.96 bits per heavy atom. The maximum absolute atomic E-state index is 13.0. The molecule has 0 aliphatic carbocycles. The van der Waals surface area contributed by atoms with Crippen LogP contribution in [0.3, 0.4) is 0 Å². The SMILES string of the molecule is C=C(CN(CC)CC[C@H](C)Cc1ccc(F)cc1)I=NCc1ccc(=O)[nH]c1. The highest BCUT2D eigenvalue weighted by molar-refractivity contribution is 14.2. The van der Waals surface area contributed by atoms with Crippen molar-refractivity contribution in [1.29, 1.82) is 0 Å². The van der Waals surface area contributed by atoms with Gasteiger partial charge in [-0.25, -0.2) is 4.39 Å². The zero-order valence-electron chi connectivity index (χ0n) is 16.6. The van der Waals surface area contributed by atoms with Crippen LogP contribution in [0.1, 0.15) is 31.4 Å². The lowest BCUT2D eigenvalue weighted by molar-refractivity contribution is 0.291. The van der Waals surface area contributed by atoms with Crippen LogP contribution in [-0.2, 0) is 13.0 Å². The van der Waals surface area contributed by atoms with Gasteiger partial charge >= 0.3 is 0 Å². The van der Waals surface area contributed by atoms with Crippen LogP contribution < -0.4 is 5.56 Å². The summed E-state index contributed by atoms with van der Waals surface area (Å²) in [5, 5.41) is 0. The van der Waals surface area contributed by atoms with Gasteiger partial charge in [0.15, 0.2) is 0 Å². The molecule has 1 atom stereocenters. The second kappa shape index (κ2) is 12.0. The smallest absolute Gasteiger partial charge is 0.247 e. The minimum Gasteiger partial charge on any atom is -0.329 e. The first-order valence-corrected chi connectivity index (χ1v) is 11.6. The second-order valence-corrected chi connectivity index (χ2v) is 9.72. The lowest BCUT2D eigenvalue weighted by Gasteiger charge is -2.22. The molecule has 0 amide bonds. The van der Waals surface area contributed by atoms with Gasteiger partial charge in [0.2, 0.25) is 5.56 Å². The molecule has 0 saturated carbocycles. The number of aromatic nitrogens is 1. The number of benzene rings is 1. The fourth-order valence-electron chi connectivity index (χ4n) is 2.87. The minimum absolute atomic E-state index is 0.0879. The van der Waals surface area contributed by atoms with Gasteiger partial charge in [0.1, 0.15) is 5.82 Å². The predicted octanol–water partition coefficient (Wildman–Crippen LogP) is 5.27. The van der Waals surface area contributed by atoms with Gasteiger partial charge in [0.05, 0.1) is 6.54 Å². The molecule has 152 valence electrons. The van der Waals surface area contributed by atoms with E-state index in [2.05, 4.69) is 33.5 Å². The van der Waals surface area contributed by atoms with Crippen molar-refractivity contribution in [2.75, 3.05) is 19.6 Å². The molecule has 0 spiro atoms. The van der Waals surface area contributed by atoms with Gasteiger partial charge in [-0.05, 0) is 55.1 Å². The molecule has 0 aliphatic heterocycles. The molecule has 28 heavy (non-hydrogen) atoms. The topological polar surface area (TPSA) is 48.5 Å². The fourth-order valence-corrected chi connectivity index (χ4v) is 4.55. The van der Waals surface area contributed by atoms with Gasteiger partial charge in [-0.15, -0.1) is 0 Å². The Balaban J connectivity index is 1.73. The van der Waals surface area contributed by atoms with E-state index in [0.29, 0.717) is 12.5 Å². The number of nitrogens with one attached hydrogen (secondary N) is 1. The Morgan fingerprint density at radius 3 is 2.61 bits per heavy atom. The summed E-state index contributed by atoms with van der Waals surface area (Å²) in [6.07, 6.45) is 3.80. The first kappa shape index (κ1) is 22.6. The maximum atomic E-state index is 13.0. The molecule has 0 saturated heterocycles. The molecule has 0 unspecified atom stereocenters. The van der Waals surface area contributed by atoms with Gasteiger partial charge in [-0.1, -0.05) is 38.6 Å². The summed E-state index contributed by atoms with van der Waals surface area (Å²) in [6, 6.07) is 10.2. The molecule has 0 aliphatic rings. The number of aromatic amines is 1. The summed E-state index contributed by atoms with van der Waals surface area (Å²) in [7, 11) is 0. The number of nitrogens with zero attached hydrogens (tertiary/aromatic N) is 2. The third-order valence-corrected chi connectivity index (χ3v) is 6.25. The molecule has 2 aromatic rings. The Morgan fingerprint density at radius 1 is 1.25 bits per heavy atom. The molecule has 1 heterocycles. The normalized spacial score (nSPS) is 12.9. The Hall–Kier alpha value is -1.67. The van der Waals surface area contributed by atoms with Gasteiger partial charge in [0.25, 0.3) is 0 Å². The Kier molecular flexibility index (Phi) is 9.70. The number of halogens is 2. The van der Waals surface area contributed by atoms with E-state index in [1.54, 1.807) is 6.20 Å². The molecule has 6 heteroatoms. The molecule has 2 rings (SSSR count). The zero-order chi connectivity index (χ0) is 20.4. The van der Waals surface area contributed by atoms with Crippen molar-refractivity contribution in [3.05, 3.63) is 80.1 Å². The van der Waals surface area contributed by atoms with E-state index in [1.807, 2.05) is 18.2 Å². The molecule has 1 N–H and O–H groups in total. The Labute approximate surface area is 177 Å². The molecule has 0 bridgehead atoms. The van der Waals surface area contributed by atoms with Gasteiger partial charge in [0, 0.05) is 43.4 Å². The van der Waals surface area contributed by atoms with Crippen molar-refractivity contribution in [3.8, 4) is 0 Å². The third-order valence-electron chi connectivity index (χ3n) is 4.55. The average molecular weight is 497 g/mol. The summed E-state index contributed by atoms with van der Waals surface area (Å²) in [5.41, 5.74) is 2.12. The first-order chi connectivity index (χ1) is 13.5. The predicted molar refractivity (Wildman–Crippen MR) is 122 cm³/mol. The first-order valence-electron chi connectivity index (χ1n) is 9.59. The summed E-state index contributed by atoms with van der Waals surface area (Å²) < 4.78 is 18.9. The number of H-pyrrole nitrogens is 1. The van der Waals surface area contributed by atoms with E-state index in [1.165, 1.54) is 27.3 Å². The van der Waals surface area contributed by atoms with Crippen molar-refractivity contribution in [3.63, 3.8) is 0 Å². The maximum Gasteiger partial charge on any atom is 0.247 e. The highest BCUT2D eigenvalue weighted by atomic mass is 127. The van der Waals surface area contributed by atoms with Crippen molar-refractivity contribution in [2.24, 2.45) is 9.06 Å². The summed E-state index contributed by atoms with van der Waals surface area (Å²) >= 11 is -0.421. The minimum atomic E-state index is -0.421. The number of hydrogen-bond acceptors (Lipinski definition) is 3. The van der Waals surface area contributed by atoms with Crippen molar-refractivity contribution < 1.29 is 4.39 Å². The highest BCUT2D eigenvalue weighted by Gasteiger charge is 2.09. The van der Waals surface area contributed by atoms with E-state index in [0.717, 1.165) is 38.0 Å². The van der Waals surface area contributed by atoms with Crippen molar-refractivity contribution >= 4 is 21.0 Å². The largest absolute Gasteiger partial charge is 0.329 e. The van der Waals surface area contributed by atoms with Crippen LogP contribution in [0.4, 0.5) is 4.39 Å². The molecule has 0 fully saturated rings. The highest BCUT2D eigenvalue weighted by Crippen LogP contribution is 2.19. The van der Waals surface area contributed by atoms with E-state index >= 15 is 0 Å². The van der Waals surface area contributed by atoms with E-state index in [-0.39, 0.29) is 11.4 Å². The second-order valence-electron chi connectivity index (χ2n) is 7.03. The van der Waals surface area contributed by atoms with Crippen LogP contribution in [0.25, 0.3) is 0 Å². The lowest BCUT2D eigenvalue weighted by Crippen LogP contribution is -2.27. The molecule has 4 nitrogen and oxygen atoms in total. The number of hydrogen-bond donors (Lipinski definition) is 1. The number of rotatable bonds is 11. The van der Waals surface area contributed by atoms with E-state index < -0.39 is 21.0 Å². The quantitative estimate of drug-likeness (QED) is 0.430. The lowest BCUT2D eigenvalue weighted by atomic mass is 9.98. The van der Waals surface area contributed by atoms with Gasteiger partial charge < -0.3 is 4.98 Å². The van der Waals surface area contributed by atoms with Crippen LogP contribution in [0.2, 0.25) is 0 Å². The molecular weight excluding hydrogens is 468 g/mol. The number of pyridine rings is 1. The third kappa shape index (κ3) is 8.56. The summed E-state index contributed by atoms with van der Waals surface area (Å²) in [6.45, 7) is 12.2. The molecule has 1 aromatic carbocycles. The molecule has 1 aromatic heterocycles. The number of likely N-dealkylation sites (N-methyl/N-ethyl adjacent to an activating group) is 1. The van der Waals surface area contributed by atoms with Crippen LogP contribution in [0.5, 0.6) is 0 Å². The summed E-state index contributed by atoms with van der Waals surface area (Å²) in [5.74, 6) is 0.369. The van der Waals surface area contributed by atoms with Crippen LogP contribution in [0.15, 0.2) is 60.7 Å². The zero-order valence-corrected chi connectivity index (χ0v) is 18.8. The van der Waals surface area contributed by atoms with Gasteiger partial charge in [-0.2, -0.15) is 0 Å². The van der Waals surface area contributed by atoms with Crippen molar-refractivity contribution in [1.82, 2.24) is 9.88 Å². The van der Waals surface area contributed by atoms with Gasteiger partial charge in [-0.3, -0.25) is 12.8 Å².